The smallest absolute Gasteiger partial charge is 0.319 e. The van der Waals surface area contributed by atoms with Gasteiger partial charge in [0.15, 0.2) is 0 Å². The summed E-state index contributed by atoms with van der Waals surface area (Å²) in [5.41, 5.74) is 0.508. The second-order valence-electron chi connectivity index (χ2n) is 5.16. The van der Waals surface area contributed by atoms with Crippen molar-refractivity contribution in [1.29, 1.82) is 0 Å². The lowest BCUT2D eigenvalue weighted by molar-refractivity contribution is 0.0908. The minimum Gasteiger partial charge on any atom is -0.319 e. The van der Waals surface area contributed by atoms with E-state index < -0.39 is 0 Å². The van der Waals surface area contributed by atoms with E-state index in [1.54, 1.807) is 29.2 Å². The molecule has 4 heteroatoms. The monoisotopic (exact) mass is 260 g/mol. The standard InChI is InChI=1S/C15H20N2O2/c1-11-7-6-8-12(2)17(11)15(19)16-14(18)13-9-4-3-5-10-13/h3-5,9-12H,6-8H2,1-2H3,(H,16,18,19)/t11-,12-/m0/s1. The molecule has 0 unspecified atom stereocenters. The molecule has 2 rings (SSSR count). The van der Waals surface area contributed by atoms with Crippen molar-refractivity contribution < 1.29 is 9.59 Å². The zero-order valence-electron chi connectivity index (χ0n) is 11.4. The van der Waals surface area contributed by atoms with E-state index >= 15 is 0 Å². The molecule has 0 bridgehead atoms. The number of imide groups is 1. The third kappa shape index (κ3) is 3.13. The number of benzene rings is 1. The molecule has 1 aromatic carbocycles. The Morgan fingerprint density at radius 2 is 1.68 bits per heavy atom. The molecule has 1 aliphatic heterocycles. The lowest BCUT2D eigenvalue weighted by atomic mass is 9.98. The van der Waals surface area contributed by atoms with E-state index in [4.69, 9.17) is 0 Å². The van der Waals surface area contributed by atoms with Gasteiger partial charge >= 0.3 is 6.03 Å². The first-order valence-electron chi connectivity index (χ1n) is 6.78. The highest BCUT2D eigenvalue weighted by atomic mass is 16.2. The topological polar surface area (TPSA) is 49.4 Å². The van der Waals surface area contributed by atoms with Gasteiger partial charge in [-0.15, -0.1) is 0 Å². The van der Waals surface area contributed by atoms with E-state index in [-0.39, 0.29) is 24.0 Å². The average molecular weight is 260 g/mol. The molecule has 0 aliphatic carbocycles. The minimum absolute atomic E-state index is 0.187. The van der Waals surface area contributed by atoms with Crippen molar-refractivity contribution in [1.82, 2.24) is 10.2 Å². The number of amides is 3. The fourth-order valence-electron chi connectivity index (χ4n) is 2.64. The Kier molecular flexibility index (Phi) is 4.20. The summed E-state index contributed by atoms with van der Waals surface area (Å²) in [7, 11) is 0. The lowest BCUT2D eigenvalue weighted by Gasteiger charge is -2.38. The highest BCUT2D eigenvalue weighted by Crippen LogP contribution is 2.22. The van der Waals surface area contributed by atoms with E-state index in [9.17, 15) is 9.59 Å². The Bertz CT molecular complexity index is 448. The molecule has 1 heterocycles. The maximum Gasteiger partial charge on any atom is 0.324 e. The summed E-state index contributed by atoms with van der Waals surface area (Å²) in [6.07, 6.45) is 3.13. The molecule has 1 fully saturated rings. The summed E-state index contributed by atoms with van der Waals surface area (Å²) < 4.78 is 0. The van der Waals surface area contributed by atoms with Gasteiger partial charge in [-0.1, -0.05) is 18.2 Å². The van der Waals surface area contributed by atoms with Gasteiger partial charge in [-0.25, -0.2) is 4.79 Å². The predicted molar refractivity (Wildman–Crippen MR) is 73.9 cm³/mol. The van der Waals surface area contributed by atoms with Crippen molar-refractivity contribution in [2.45, 2.75) is 45.2 Å². The Hall–Kier alpha value is -1.84. The van der Waals surface area contributed by atoms with Crippen molar-refractivity contribution in [3.05, 3.63) is 35.9 Å². The van der Waals surface area contributed by atoms with Crippen molar-refractivity contribution >= 4 is 11.9 Å². The van der Waals surface area contributed by atoms with Crippen LogP contribution in [0.1, 0.15) is 43.5 Å². The Balaban J connectivity index is 2.02. The summed E-state index contributed by atoms with van der Waals surface area (Å²) in [6, 6.07) is 8.90. The first kappa shape index (κ1) is 13.6. The molecular formula is C15H20N2O2. The number of carbonyl (C=O) groups excluding carboxylic acids is 2. The number of hydrogen-bond donors (Lipinski definition) is 1. The van der Waals surface area contributed by atoms with Crippen LogP contribution in [0.5, 0.6) is 0 Å². The first-order chi connectivity index (χ1) is 9.09. The van der Waals surface area contributed by atoms with Crippen molar-refractivity contribution in [3.8, 4) is 0 Å². The fraction of sp³-hybridized carbons (Fsp3) is 0.467. The molecule has 0 radical (unpaired) electrons. The highest BCUT2D eigenvalue weighted by Gasteiger charge is 2.29. The number of hydrogen-bond acceptors (Lipinski definition) is 2. The molecule has 2 atom stereocenters. The fourth-order valence-corrected chi connectivity index (χ4v) is 2.64. The van der Waals surface area contributed by atoms with Crippen molar-refractivity contribution in [2.75, 3.05) is 0 Å². The van der Waals surface area contributed by atoms with Gasteiger partial charge in [0.2, 0.25) is 0 Å². The summed E-state index contributed by atoms with van der Waals surface area (Å²) >= 11 is 0. The number of likely N-dealkylation sites (tertiary alicyclic amines) is 1. The van der Waals surface area contributed by atoms with Gasteiger partial charge in [0.05, 0.1) is 0 Å². The van der Waals surface area contributed by atoms with Gasteiger partial charge in [-0.2, -0.15) is 0 Å². The summed E-state index contributed by atoms with van der Waals surface area (Å²) in [4.78, 5) is 25.9. The normalized spacial score (nSPS) is 22.9. The average Bonchev–Trinajstić information content (AvgIpc) is 2.39. The van der Waals surface area contributed by atoms with Gasteiger partial charge in [0.1, 0.15) is 0 Å². The SMILES string of the molecule is C[C@H]1CCC[C@H](C)N1C(=O)NC(=O)c1ccccc1. The second-order valence-corrected chi connectivity index (χ2v) is 5.16. The van der Waals surface area contributed by atoms with Crippen LogP contribution in [0, 0.1) is 0 Å². The van der Waals surface area contributed by atoms with Gasteiger partial charge in [-0.3, -0.25) is 10.1 Å². The molecule has 0 spiro atoms. The molecular weight excluding hydrogens is 240 g/mol. The summed E-state index contributed by atoms with van der Waals surface area (Å²) in [5.74, 6) is -0.337. The van der Waals surface area contributed by atoms with Gasteiger partial charge in [0.25, 0.3) is 5.91 Å². The van der Waals surface area contributed by atoms with E-state index in [1.165, 1.54) is 0 Å². The van der Waals surface area contributed by atoms with Crippen molar-refractivity contribution in [3.63, 3.8) is 0 Å². The zero-order chi connectivity index (χ0) is 13.8. The van der Waals surface area contributed by atoms with Gasteiger partial charge in [-0.05, 0) is 45.2 Å². The Morgan fingerprint density at radius 3 is 2.26 bits per heavy atom. The molecule has 1 saturated heterocycles. The molecule has 4 nitrogen and oxygen atoms in total. The molecule has 19 heavy (non-hydrogen) atoms. The minimum atomic E-state index is -0.337. The van der Waals surface area contributed by atoms with Crippen LogP contribution in [0.3, 0.4) is 0 Å². The number of urea groups is 1. The number of nitrogens with zero attached hydrogens (tertiary/aromatic N) is 1. The largest absolute Gasteiger partial charge is 0.324 e. The van der Waals surface area contributed by atoms with Crippen LogP contribution in [0.4, 0.5) is 4.79 Å². The zero-order valence-corrected chi connectivity index (χ0v) is 11.4. The van der Waals surface area contributed by atoms with Crippen LogP contribution < -0.4 is 5.32 Å². The third-order valence-electron chi connectivity index (χ3n) is 3.68. The van der Waals surface area contributed by atoms with E-state index in [0.717, 1.165) is 19.3 Å². The predicted octanol–water partition coefficient (Wildman–Crippen LogP) is 2.80. The lowest BCUT2D eigenvalue weighted by Crippen LogP contribution is -2.53. The molecule has 102 valence electrons. The van der Waals surface area contributed by atoms with Gasteiger partial charge in [0, 0.05) is 17.6 Å². The summed E-state index contributed by atoms with van der Waals surface area (Å²) in [6.45, 7) is 4.06. The molecule has 1 N–H and O–H groups in total. The Labute approximate surface area is 113 Å². The van der Waals surface area contributed by atoms with Crippen LogP contribution in [-0.2, 0) is 0 Å². The molecule has 0 saturated carbocycles. The van der Waals surface area contributed by atoms with Crippen LogP contribution in [-0.4, -0.2) is 28.9 Å². The molecule has 1 aliphatic rings. The molecule has 0 aromatic heterocycles. The van der Waals surface area contributed by atoms with Crippen LogP contribution in [0.2, 0.25) is 0 Å². The maximum atomic E-state index is 12.2. The van der Waals surface area contributed by atoms with E-state index in [0.29, 0.717) is 5.56 Å². The van der Waals surface area contributed by atoms with Crippen LogP contribution >= 0.6 is 0 Å². The number of piperidine rings is 1. The Morgan fingerprint density at radius 1 is 1.11 bits per heavy atom. The number of nitrogens with one attached hydrogen (secondary N) is 1. The van der Waals surface area contributed by atoms with Crippen LogP contribution in [0.15, 0.2) is 30.3 Å². The highest BCUT2D eigenvalue weighted by molar-refractivity contribution is 6.04. The van der Waals surface area contributed by atoms with E-state index in [2.05, 4.69) is 5.32 Å². The quantitative estimate of drug-likeness (QED) is 0.844. The van der Waals surface area contributed by atoms with Crippen molar-refractivity contribution in [2.24, 2.45) is 0 Å². The summed E-state index contributed by atoms with van der Waals surface area (Å²) in [5, 5.41) is 2.47. The second kappa shape index (κ2) is 5.87. The molecule has 1 aromatic rings. The van der Waals surface area contributed by atoms with E-state index in [1.807, 2.05) is 19.9 Å². The molecule has 3 amide bonds. The maximum absolute atomic E-state index is 12.2. The number of carbonyl (C=O) groups is 2. The third-order valence-corrected chi connectivity index (χ3v) is 3.68. The van der Waals surface area contributed by atoms with Gasteiger partial charge < -0.3 is 4.90 Å². The first-order valence-corrected chi connectivity index (χ1v) is 6.78. The van der Waals surface area contributed by atoms with Crippen LogP contribution in [0.25, 0.3) is 0 Å². The number of rotatable bonds is 1.